The summed E-state index contributed by atoms with van der Waals surface area (Å²) in [6.07, 6.45) is 0. The van der Waals surface area contributed by atoms with Crippen LogP contribution in [0.5, 0.6) is 0 Å². The summed E-state index contributed by atoms with van der Waals surface area (Å²) >= 11 is 0. The molecular formula is C23H22N2O3. The van der Waals surface area contributed by atoms with E-state index in [0.29, 0.717) is 22.5 Å². The van der Waals surface area contributed by atoms with Crippen molar-refractivity contribution in [2.24, 2.45) is 0 Å². The highest BCUT2D eigenvalue weighted by Gasteiger charge is 2.23. The van der Waals surface area contributed by atoms with E-state index in [1.807, 2.05) is 44.2 Å². The van der Waals surface area contributed by atoms with Gasteiger partial charge in [-0.15, -0.1) is 0 Å². The van der Waals surface area contributed by atoms with Crippen molar-refractivity contribution in [2.45, 2.75) is 40.0 Å². The number of aromatic nitrogens is 2. The number of benzene rings is 2. The maximum absolute atomic E-state index is 12.0. The van der Waals surface area contributed by atoms with Crippen molar-refractivity contribution in [3.8, 4) is 11.6 Å². The van der Waals surface area contributed by atoms with Crippen LogP contribution in [0, 0.1) is 13.8 Å². The fraction of sp³-hybridized carbons (Fsp3) is 0.261. The normalized spacial score (nSPS) is 12.0. The van der Waals surface area contributed by atoms with Gasteiger partial charge in [0.25, 0.3) is 0 Å². The first kappa shape index (κ1) is 18.2. The zero-order valence-electron chi connectivity index (χ0n) is 16.6. The lowest BCUT2D eigenvalue weighted by molar-refractivity contribution is 0.0693. The van der Waals surface area contributed by atoms with Gasteiger partial charge in [-0.2, -0.15) is 0 Å². The number of furan rings is 1. The quantitative estimate of drug-likeness (QED) is 0.490. The van der Waals surface area contributed by atoms with Crippen LogP contribution in [-0.2, 0) is 5.41 Å². The number of hydrogen-bond donors (Lipinski definition) is 1. The Labute approximate surface area is 163 Å². The van der Waals surface area contributed by atoms with Crippen molar-refractivity contribution in [1.82, 2.24) is 9.97 Å². The van der Waals surface area contributed by atoms with Crippen molar-refractivity contribution >= 4 is 27.8 Å². The third-order valence-corrected chi connectivity index (χ3v) is 5.11. The third kappa shape index (κ3) is 2.83. The van der Waals surface area contributed by atoms with Gasteiger partial charge in [0.1, 0.15) is 5.58 Å². The van der Waals surface area contributed by atoms with Gasteiger partial charge < -0.3 is 9.52 Å². The molecule has 2 aromatic carbocycles. The van der Waals surface area contributed by atoms with E-state index in [1.165, 1.54) is 0 Å². The number of aryl methyl sites for hydroxylation is 2. The lowest BCUT2D eigenvalue weighted by Crippen LogP contribution is -2.13. The minimum Gasteiger partial charge on any atom is -0.476 e. The molecule has 5 heteroatoms. The van der Waals surface area contributed by atoms with Crippen LogP contribution in [0.15, 0.2) is 40.8 Å². The Morgan fingerprint density at radius 2 is 1.75 bits per heavy atom. The molecule has 0 saturated heterocycles. The van der Waals surface area contributed by atoms with Crippen molar-refractivity contribution < 1.29 is 14.3 Å². The molecule has 0 atom stereocenters. The second-order valence-corrected chi connectivity index (χ2v) is 8.19. The highest BCUT2D eigenvalue weighted by molar-refractivity contribution is 6.02. The summed E-state index contributed by atoms with van der Waals surface area (Å²) < 4.78 is 5.97. The molecular weight excluding hydrogens is 352 g/mol. The highest BCUT2D eigenvalue weighted by atomic mass is 16.4. The van der Waals surface area contributed by atoms with Crippen LogP contribution in [0.4, 0.5) is 0 Å². The Bertz CT molecular complexity index is 1250. The number of nitrogens with zero attached hydrogens (tertiary/aromatic N) is 2. The minimum absolute atomic E-state index is 0.00550. The molecule has 2 heterocycles. The van der Waals surface area contributed by atoms with E-state index in [2.05, 4.69) is 31.8 Å². The molecule has 0 bridgehead atoms. The van der Waals surface area contributed by atoms with E-state index in [1.54, 1.807) is 0 Å². The first-order valence-electron chi connectivity index (χ1n) is 9.21. The van der Waals surface area contributed by atoms with Gasteiger partial charge in [-0.05, 0) is 42.5 Å². The molecule has 0 fully saturated rings. The third-order valence-electron chi connectivity index (χ3n) is 5.11. The maximum atomic E-state index is 12.0. The van der Waals surface area contributed by atoms with Crippen molar-refractivity contribution in [1.29, 1.82) is 0 Å². The predicted molar refractivity (Wildman–Crippen MR) is 110 cm³/mol. The number of aromatic carboxylic acids is 1. The zero-order valence-corrected chi connectivity index (χ0v) is 16.6. The summed E-state index contributed by atoms with van der Waals surface area (Å²) in [4.78, 5) is 21.1. The summed E-state index contributed by atoms with van der Waals surface area (Å²) in [5, 5.41) is 11.3. The average Bonchev–Trinajstić information content (AvgIpc) is 2.97. The van der Waals surface area contributed by atoms with Crippen molar-refractivity contribution in [2.75, 3.05) is 0 Å². The van der Waals surface area contributed by atoms with Gasteiger partial charge in [-0.3, -0.25) is 0 Å². The molecule has 4 rings (SSSR count). The summed E-state index contributed by atoms with van der Waals surface area (Å²) in [6, 6.07) is 11.6. The number of hydrogen-bond acceptors (Lipinski definition) is 4. The molecule has 0 aliphatic heterocycles. The average molecular weight is 374 g/mol. The van der Waals surface area contributed by atoms with Crippen LogP contribution in [-0.4, -0.2) is 21.0 Å². The van der Waals surface area contributed by atoms with E-state index in [4.69, 9.17) is 9.40 Å². The molecule has 4 aromatic rings. The van der Waals surface area contributed by atoms with Crippen LogP contribution in [0.1, 0.15) is 48.0 Å². The lowest BCUT2D eigenvalue weighted by Gasteiger charge is -2.21. The van der Waals surface area contributed by atoms with Gasteiger partial charge in [0.2, 0.25) is 0 Å². The number of carboxylic acid groups (broad SMARTS) is 1. The fourth-order valence-corrected chi connectivity index (χ4v) is 3.49. The lowest BCUT2D eigenvalue weighted by atomic mass is 9.85. The van der Waals surface area contributed by atoms with Crippen LogP contribution in [0.25, 0.3) is 33.5 Å². The summed E-state index contributed by atoms with van der Waals surface area (Å²) in [5.74, 6) is -0.275. The summed E-state index contributed by atoms with van der Waals surface area (Å²) in [6.45, 7) is 10.2. The first-order valence-corrected chi connectivity index (χ1v) is 9.21. The number of rotatable bonds is 2. The van der Waals surface area contributed by atoms with E-state index in [9.17, 15) is 9.90 Å². The number of carbonyl (C=O) groups is 1. The molecule has 28 heavy (non-hydrogen) atoms. The molecule has 0 radical (unpaired) electrons. The summed E-state index contributed by atoms with van der Waals surface area (Å²) in [7, 11) is 0. The van der Waals surface area contributed by atoms with Crippen molar-refractivity contribution in [3.63, 3.8) is 0 Å². The zero-order chi connectivity index (χ0) is 20.2. The van der Waals surface area contributed by atoms with Crippen LogP contribution in [0.2, 0.25) is 0 Å². The van der Waals surface area contributed by atoms with E-state index in [-0.39, 0.29) is 11.1 Å². The van der Waals surface area contributed by atoms with Crippen LogP contribution in [0.3, 0.4) is 0 Å². The van der Waals surface area contributed by atoms with Gasteiger partial charge in [0.05, 0.1) is 5.52 Å². The second-order valence-electron chi connectivity index (χ2n) is 8.19. The largest absolute Gasteiger partial charge is 0.476 e. The molecule has 0 amide bonds. The molecule has 0 aliphatic carbocycles. The highest BCUT2D eigenvalue weighted by Crippen LogP contribution is 2.34. The van der Waals surface area contributed by atoms with Gasteiger partial charge in [-0.25, -0.2) is 14.8 Å². The van der Waals surface area contributed by atoms with Crippen LogP contribution < -0.4 is 0 Å². The number of para-hydroxylation sites is 1. The Morgan fingerprint density at radius 1 is 1.04 bits per heavy atom. The molecule has 0 aliphatic rings. The standard InChI is InChI=1S/C23H22N2O3/c1-12-10-14(23(3,4)5)11-16-18(12)24-21(25-19(16)22(26)27)20-13(2)15-8-6-7-9-17(15)28-20/h6-11H,1-5H3,(H,26,27). The molecule has 142 valence electrons. The monoisotopic (exact) mass is 374 g/mol. The van der Waals surface area contributed by atoms with Crippen LogP contribution >= 0.6 is 0 Å². The van der Waals surface area contributed by atoms with Gasteiger partial charge in [0.15, 0.2) is 17.3 Å². The summed E-state index contributed by atoms with van der Waals surface area (Å²) in [5.41, 5.74) is 4.12. The van der Waals surface area contributed by atoms with E-state index < -0.39 is 5.97 Å². The molecule has 1 N–H and O–H groups in total. The molecule has 0 spiro atoms. The molecule has 0 unspecified atom stereocenters. The topological polar surface area (TPSA) is 76.2 Å². The van der Waals surface area contributed by atoms with Crippen molar-refractivity contribution in [3.05, 3.63) is 58.8 Å². The predicted octanol–water partition coefficient (Wildman–Crippen LogP) is 5.66. The smallest absolute Gasteiger partial charge is 0.355 e. The van der Waals surface area contributed by atoms with Gasteiger partial charge >= 0.3 is 5.97 Å². The van der Waals surface area contributed by atoms with E-state index in [0.717, 1.165) is 27.7 Å². The Balaban J connectivity index is 2.05. The fourth-order valence-electron chi connectivity index (χ4n) is 3.49. The van der Waals surface area contributed by atoms with Gasteiger partial charge in [0, 0.05) is 16.3 Å². The van der Waals surface area contributed by atoms with Gasteiger partial charge in [-0.1, -0.05) is 45.0 Å². The Kier molecular flexibility index (Phi) is 4.00. The first-order chi connectivity index (χ1) is 13.2. The SMILES string of the molecule is Cc1c(-c2nc(C(=O)O)c3cc(C(C)(C)C)cc(C)c3n2)oc2ccccc12. The number of fused-ring (bicyclic) bond motifs is 2. The number of carboxylic acids is 1. The Hall–Kier alpha value is -3.21. The molecule has 2 aromatic heterocycles. The minimum atomic E-state index is -1.08. The Morgan fingerprint density at radius 3 is 2.39 bits per heavy atom. The molecule has 0 saturated carbocycles. The van der Waals surface area contributed by atoms with E-state index >= 15 is 0 Å². The molecule has 5 nitrogen and oxygen atoms in total. The maximum Gasteiger partial charge on any atom is 0.355 e. The second kappa shape index (κ2) is 6.16.